The number of hydrazine groups is 1. The number of aryl methyl sites for hydroxylation is 1. The first-order valence-corrected chi connectivity index (χ1v) is 8.78. The average Bonchev–Trinajstić information content (AvgIpc) is 2.92. The van der Waals surface area contributed by atoms with Gasteiger partial charge in [0.1, 0.15) is 5.82 Å². The number of aromatic nitrogens is 3. The molecule has 9 heteroatoms. The molecule has 0 atom stereocenters. The molecule has 0 bridgehead atoms. The number of carbonyl (C=O) groups is 2. The molecule has 2 aromatic rings. The fourth-order valence-corrected chi connectivity index (χ4v) is 3.07. The molecule has 0 aliphatic heterocycles. The minimum absolute atomic E-state index is 0.103. The number of halogens is 1. The Morgan fingerprint density at radius 3 is 2.79 bits per heavy atom. The van der Waals surface area contributed by atoms with Crippen LogP contribution in [0.3, 0.4) is 0 Å². The summed E-state index contributed by atoms with van der Waals surface area (Å²) in [6.07, 6.45) is 1.73. The highest BCUT2D eigenvalue weighted by Gasteiger charge is 2.13. The second kappa shape index (κ2) is 8.65. The molecule has 1 heterocycles. The Balaban J connectivity index is 1.85. The molecule has 7 nitrogen and oxygen atoms in total. The highest BCUT2D eigenvalue weighted by atomic mass is 79.9. The topological polar surface area (TPSA) is 88.9 Å². The van der Waals surface area contributed by atoms with Crippen molar-refractivity contribution >= 4 is 39.5 Å². The van der Waals surface area contributed by atoms with Crippen molar-refractivity contribution in [2.75, 3.05) is 5.75 Å². The fourth-order valence-electron chi connectivity index (χ4n) is 1.81. The Bertz CT molecular complexity index is 762. The number of nitrogens with one attached hydrogen (secondary N) is 2. The van der Waals surface area contributed by atoms with Gasteiger partial charge in [-0.1, -0.05) is 30.0 Å². The van der Waals surface area contributed by atoms with Gasteiger partial charge in [-0.3, -0.25) is 20.4 Å². The number of allylic oxidation sites excluding steroid dienone is 1. The summed E-state index contributed by atoms with van der Waals surface area (Å²) in [5.41, 5.74) is 5.20. The van der Waals surface area contributed by atoms with Gasteiger partial charge in [0, 0.05) is 11.0 Å². The molecule has 2 N–H and O–H groups in total. The summed E-state index contributed by atoms with van der Waals surface area (Å²) in [4.78, 5) is 23.9. The zero-order valence-corrected chi connectivity index (χ0v) is 15.4. The Labute approximate surface area is 152 Å². The van der Waals surface area contributed by atoms with Crippen molar-refractivity contribution in [2.45, 2.75) is 18.6 Å². The van der Waals surface area contributed by atoms with E-state index in [0.29, 0.717) is 21.7 Å². The Morgan fingerprint density at radius 1 is 1.33 bits per heavy atom. The van der Waals surface area contributed by atoms with Crippen LogP contribution < -0.4 is 10.9 Å². The molecular formula is C15H16BrN5O2S. The van der Waals surface area contributed by atoms with Crippen molar-refractivity contribution in [1.82, 2.24) is 25.6 Å². The van der Waals surface area contributed by atoms with Crippen molar-refractivity contribution < 1.29 is 9.59 Å². The minimum atomic E-state index is -0.397. The van der Waals surface area contributed by atoms with E-state index in [-0.39, 0.29) is 11.7 Å². The summed E-state index contributed by atoms with van der Waals surface area (Å²) in [6, 6.07) is 6.95. The van der Waals surface area contributed by atoms with Crippen molar-refractivity contribution in [1.29, 1.82) is 0 Å². The molecule has 126 valence electrons. The van der Waals surface area contributed by atoms with Crippen LogP contribution in [0.2, 0.25) is 0 Å². The van der Waals surface area contributed by atoms with Gasteiger partial charge in [0.15, 0.2) is 5.16 Å². The van der Waals surface area contributed by atoms with Crippen LogP contribution in [0.5, 0.6) is 0 Å². The average molecular weight is 410 g/mol. The van der Waals surface area contributed by atoms with Crippen LogP contribution >= 0.6 is 27.7 Å². The lowest BCUT2D eigenvalue weighted by molar-refractivity contribution is -0.119. The molecule has 0 spiro atoms. The number of thioether (sulfide) groups is 1. The molecular weight excluding hydrogens is 394 g/mol. The standard InChI is InChI=1S/C15H16BrN5O2S/c1-3-8-21-10(2)17-20-15(21)24-9-13(22)18-19-14(23)11-6-4-5-7-12(11)16/h3-7H,1,8-9H2,2H3,(H,18,22)(H,19,23). The van der Waals surface area contributed by atoms with Crippen molar-refractivity contribution in [3.63, 3.8) is 0 Å². The zero-order chi connectivity index (χ0) is 17.5. The smallest absolute Gasteiger partial charge is 0.270 e. The Hall–Kier alpha value is -2.13. The maximum Gasteiger partial charge on any atom is 0.270 e. The number of benzene rings is 1. The molecule has 0 fully saturated rings. The molecule has 1 aromatic heterocycles. The van der Waals surface area contributed by atoms with E-state index in [4.69, 9.17) is 0 Å². The van der Waals surface area contributed by atoms with E-state index in [9.17, 15) is 9.59 Å². The molecule has 0 aliphatic rings. The van der Waals surface area contributed by atoms with Crippen molar-refractivity contribution in [3.8, 4) is 0 Å². The molecule has 0 unspecified atom stereocenters. The van der Waals surface area contributed by atoms with Gasteiger partial charge >= 0.3 is 0 Å². The van der Waals surface area contributed by atoms with Gasteiger partial charge < -0.3 is 4.57 Å². The highest BCUT2D eigenvalue weighted by Crippen LogP contribution is 2.17. The number of carbonyl (C=O) groups excluding carboxylic acids is 2. The molecule has 0 aliphatic carbocycles. The Morgan fingerprint density at radius 2 is 2.08 bits per heavy atom. The second-order valence-corrected chi connectivity index (χ2v) is 6.50. The van der Waals surface area contributed by atoms with Gasteiger partial charge in [-0.2, -0.15) is 0 Å². The predicted octanol–water partition coefficient (Wildman–Crippen LogP) is 2.09. The summed E-state index contributed by atoms with van der Waals surface area (Å²) in [6.45, 7) is 6.08. The van der Waals surface area contributed by atoms with E-state index in [2.05, 4.69) is 43.6 Å². The van der Waals surface area contributed by atoms with Gasteiger partial charge in [0.25, 0.3) is 5.91 Å². The number of hydrogen-bond donors (Lipinski definition) is 2. The lowest BCUT2D eigenvalue weighted by Gasteiger charge is -2.08. The number of rotatable bonds is 6. The van der Waals surface area contributed by atoms with Crippen LogP contribution in [0.1, 0.15) is 16.2 Å². The number of hydrogen-bond acceptors (Lipinski definition) is 5. The van der Waals surface area contributed by atoms with Crippen molar-refractivity contribution in [2.24, 2.45) is 0 Å². The first-order valence-electron chi connectivity index (χ1n) is 7.00. The number of amides is 2. The van der Waals surface area contributed by atoms with Crippen LogP contribution in [-0.2, 0) is 11.3 Å². The quantitative estimate of drug-likeness (QED) is 0.433. The van der Waals surface area contributed by atoms with Crippen LogP contribution in [0.25, 0.3) is 0 Å². The SMILES string of the molecule is C=CCn1c(C)nnc1SCC(=O)NNC(=O)c1ccccc1Br. The summed E-state index contributed by atoms with van der Waals surface area (Å²) in [7, 11) is 0. The maximum atomic E-state index is 12.0. The highest BCUT2D eigenvalue weighted by molar-refractivity contribution is 9.10. The summed E-state index contributed by atoms with van der Waals surface area (Å²) >= 11 is 4.52. The van der Waals surface area contributed by atoms with Crippen LogP contribution in [0, 0.1) is 6.92 Å². The monoisotopic (exact) mass is 409 g/mol. The van der Waals surface area contributed by atoms with Gasteiger partial charge in [-0.05, 0) is 35.0 Å². The fraction of sp³-hybridized carbons (Fsp3) is 0.200. The Kier molecular flexibility index (Phi) is 6.56. The third-order valence-electron chi connectivity index (χ3n) is 2.98. The van der Waals surface area contributed by atoms with E-state index in [1.54, 1.807) is 30.3 Å². The number of nitrogens with zero attached hydrogens (tertiary/aromatic N) is 3. The van der Waals surface area contributed by atoms with E-state index < -0.39 is 5.91 Å². The molecule has 1 aromatic carbocycles. The molecule has 24 heavy (non-hydrogen) atoms. The van der Waals surface area contributed by atoms with E-state index in [1.165, 1.54) is 11.8 Å². The van der Waals surface area contributed by atoms with Gasteiger partial charge in [0.05, 0.1) is 11.3 Å². The van der Waals surface area contributed by atoms with Gasteiger partial charge in [-0.15, -0.1) is 16.8 Å². The van der Waals surface area contributed by atoms with Gasteiger partial charge in [-0.25, -0.2) is 0 Å². The third kappa shape index (κ3) is 4.68. The maximum absolute atomic E-state index is 12.0. The molecule has 2 rings (SSSR count). The first kappa shape index (κ1) is 18.2. The lowest BCUT2D eigenvalue weighted by atomic mass is 10.2. The van der Waals surface area contributed by atoms with Crippen LogP contribution in [-0.4, -0.2) is 32.3 Å². The lowest BCUT2D eigenvalue weighted by Crippen LogP contribution is -2.42. The minimum Gasteiger partial charge on any atom is -0.302 e. The normalized spacial score (nSPS) is 10.2. The van der Waals surface area contributed by atoms with Crippen LogP contribution in [0.4, 0.5) is 0 Å². The zero-order valence-electron chi connectivity index (χ0n) is 13.0. The molecule has 0 saturated carbocycles. The molecule has 2 amide bonds. The summed E-state index contributed by atoms with van der Waals surface area (Å²) < 4.78 is 2.50. The second-order valence-electron chi connectivity index (χ2n) is 4.70. The first-order chi connectivity index (χ1) is 11.5. The third-order valence-corrected chi connectivity index (χ3v) is 4.64. The molecule has 0 radical (unpaired) electrons. The van der Waals surface area contributed by atoms with E-state index >= 15 is 0 Å². The summed E-state index contributed by atoms with van der Waals surface area (Å²) in [5, 5.41) is 8.61. The van der Waals surface area contributed by atoms with Crippen LogP contribution in [0.15, 0.2) is 46.5 Å². The van der Waals surface area contributed by atoms with E-state index in [1.807, 2.05) is 11.5 Å². The van der Waals surface area contributed by atoms with Gasteiger partial charge in [0.2, 0.25) is 5.91 Å². The van der Waals surface area contributed by atoms with Crippen molar-refractivity contribution in [3.05, 3.63) is 52.8 Å². The molecule has 0 saturated heterocycles. The van der Waals surface area contributed by atoms with E-state index in [0.717, 1.165) is 5.82 Å². The summed E-state index contributed by atoms with van der Waals surface area (Å²) in [5.74, 6) is 0.114. The predicted molar refractivity (Wildman–Crippen MR) is 95.4 cm³/mol. The largest absolute Gasteiger partial charge is 0.302 e.